The molecule has 0 aromatic carbocycles. The second kappa shape index (κ2) is 49.5. The van der Waals surface area contributed by atoms with Gasteiger partial charge in [-0.2, -0.15) is 0 Å². The van der Waals surface area contributed by atoms with Crippen LogP contribution in [0.3, 0.4) is 0 Å². The van der Waals surface area contributed by atoms with Gasteiger partial charge in [-0.25, -0.2) is 4.57 Å². The molecule has 0 aromatic rings. The van der Waals surface area contributed by atoms with Gasteiger partial charge in [0.25, 0.3) is 0 Å². The minimum Gasteiger partial charge on any atom is -0.457 e. The summed E-state index contributed by atoms with van der Waals surface area (Å²) in [5.41, 5.74) is 5.39. The Bertz CT molecular complexity index is 894. The fourth-order valence-corrected chi connectivity index (χ4v) is 8.88. The first-order chi connectivity index (χ1) is 29.4. The van der Waals surface area contributed by atoms with E-state index in [1.165, 1.54) is 231 Å². The molecule has 0 aromatic heterocycles. The maximum absolute atomic E-state index is 12.6. The molecule has 0 saturated carbocycles. The van der Waals surface area contributed by atoms with E-state index in [-0.39, 0.29) is 32.3 Å². The molecule has 9 heteroatoms. The second-order valence-corrected chi connectivity index (χ2v) is 19.6. The minimum absolute atomic E-state index is 0.0897. The lowest BCUT2D eigenvalue weighted by molar-refractivity contribution is -0.154. The van der Waals surface area contributed by atoms with Crippen molar-refractivity contribution in [2.75, 3.05) is 33.0 Å². The predicted octanol–water partition coefficient (Wildman–Crippen LogP) is 16.4. The van der Waals surface area contributed by atoms with Crippen molar-refractivity contribution in [3.05, 3.63) is 0 Å². The molecule has 360 valence electrons. The molecule has 0 amide bonds. The molecule has 0 aliphatic carbocycles. The molecule has 3 N–H and O–H groups in total. The first kappa shape index (κ1) is 59.5. The zero-order chi connectivity index (χ0) is 43.7. The molecule has 0 aliphatic heterocycles. The van der Waals surface area contributed by atoms with Crippen LogP contribution in [0.2, 0.25) is 0 Å². The molecule has 0 fully saturated rings. The highest BCUT2D eigenvalue weighted by Crippen LogP contribution is 2.43. The Balaban J connectivity index is 3.82. The van der Waals surface area contributed by atoms with Crippen molar-refractivity contribution < 1.29 is 32.8 Å². The van der Waals surface area contributed by atoms with Gasteiger partial charge in [-0.3, -0.25) is 13.8 Å². The van der Waals surface area contributed by atoms with E-state index in [0.29, 0.717) is 13.0 Å². The van der Waals surface area contributed by atoms with Gasteiger partial charge in [0.15, 0.2) is 0 Å². The highest BCUT2D eigenvalue weighted by molar-refractivity contribution is 7.47. The van der Waals surface area contributed by atoms with Gasteiger partial charge in [-0.05, 0) is 12.8 Å². The molecule has 2 unspecified atom stereocenters. The van der Waals surface area contributed by atoms with Crippen LogP contribution >= 0.6 is 7.82 Å². The first-order valence-electron chi connectivity index (χ1n) is 26.5. The minimum atomic E-state index is -4.27. The van der Waals surface area contributed by atoms with Crippen LogP contribution in [0.4, 0.5) is 0 Å². The molecule has 0 rings (SSSR count). The maximum atomic E-state index is 12.6. The van der Waals surface area contributed by atoms with Crippen LogP contribution in [0.25, 0.3) is 0 Å². The van der Waals surface area contributed by atoms with Crippen molar-refractivity contribution in [1.29, 1.82) is 0 Å². The third-order valence-electron chi connectivity index (χ3n) is 12.0. The Hall–Kier alpha value is -0.500. The molecular weight excluding hydrogens is 770 g/mol. The average Bonchev–Trinajstić information content (AvgIpc) is 3.24. The predicted molar refractivity (Wildman–Crippen MR) is 257 cm³/mol. The summed E-state index contributed by atoms with van der Waals surface area (Å²) in [6.45, 7) is 5.01. The van der Waals surface area contributed by atoms with Crippen LogP contribution in [0, 0.1) is 0 Å². The molecule has 60 heavy (non-hydrogen) atoms. The number of phosphoric acid groups is 1. The normalized spacial score (nSPS) is 13.2. The third-order valence-corrected chi connectivity index (χ3v) is 13.0. The lowest BCUT2D eigenvalue weighted by Crippen LogP contribution is -2.28. The van der Waals surface area contributed by atoms with Gasteiger partial charge in [0.2, 0.25) is 0 Å². The first-order valence-corrected chi connectivity index (χ1v) is 28.0. The number of carbonyl (C=O) groups is 1. The third kappa shape index (κ3) is 48.5. The fraction of sp³-hybridized carbons (Fsp3) is 0.980. The Morgan fingerprint density at radius 2 is 0.733 bits per heavy atom. The number of nitrogens with two attached hydrogens (primary N) is 1. The van der Waals surface area contributed by atoms with E-state index in [1.54, 1.807) is 0 Å². The lowest BCUT2D eigenvalue weighted by atomic mass is 10.0. The van der Waals surface area contributed by atoms with Crippen LogP contribution in [0.1, 0.15) is 284 Å². The molecule has 8 nitrogen and oxygen atoms in total. The summed E-state index contributed by atoms with van der Waals surface area (Å²) < 4.78 is 33.6. The summed E-state index contributed by atoms with van der Waals surface area (Å²) in [7, 11) is -4.27. The number of ether oxygens (including phenoxy) is 2. The Morgan fingerprint density at radius 3 is 1.05 bits per heavy atom. The van der Waals surface area contributed by atoms with Crippen LogP contribution in [0.15, 0.2) is 0 Å². The van der Waals surface area contributed by atoms with E-state index < -0.39 is 13.9 Å². The number of phosphoric ester groups is 1. The van der Waals surface area contributed by atoms with Gasteiger partial charge in [0.05, 0.1) is 19.8 Å². The molecule has 0 aliphatic rings. The molecule has 0 bridgehead atoms. The average molecular weight is 874 g/mol. The number of rotatable bonds is 52. The number of esters is 1. The summed E-state index contributed by atoms with van der Waals surface area (Å²) >= 11 is 0. The second-order valence-electron chi connectivity index (χ2n) is 18.1. The van der Waals surface area contributed by atoms with E-state index in [2.05, 4.69) is 13.8 Å². The number of unbranched alkanes of at least 4 members (excludes halogenated alkanes) is 39. The van der Waals surface area contributed by atoms with Crippen LogP contribution in [-0.4, -0.2) is 49.9 Å². The maximum Gasteiger partial charge on any atom is 0.472 e. The molecule has 0 spiro atoms. The lowest BCUT2D eigenvalue weighted by Gasteiger charge is -2.20. The van der Waals surface area contributed by atoms with Gasteiger partial charge in [-0.15, -0.1) is 0 Å². The monoisotopic (exact) mass is 874 g/mol. The molecule has 0 saturated heterocycles. The van der Waals surface area contributed by atoms with E-state index >= 15 is 0 Å². The van der Waals surface area contributed by atoms with Crippen molar-refractivity contribution >= 4 is 13.8 Å². The molecule has 0 radical (unpaired) electrons. The van der Waals surface area contributed by atoms with Gasteiger partial charge >= 0.3 is 13.8 Å². The summed E-state index contributed by atoms with van der Waals surface area (Å²) in [4.78, 5) is 22.6. The van der Waals surface area contributed by atoms with Crippen LogP contribution in [-0.2, 0) is 27.9 Å². The summed E-state index contributed by atoms with van der Waals surface area (Å²) in [6, 6.07) is 0. The van der Waals surface area contributed by atoms with Crippen LogP contribution in [0.5, 0.6) is 0 Å². The fourth-order valence-electron chi connectivity index (χ4n) is 8.12. The number of hydrogen-bond acceptors (Lipinski definition) is 7. The zero-order valence-electron chi connectivity index (χ0n) is 40.2. The summed E-state index contributed by atoms with van der Waals surface area (Å²) in [5.74, 6) is -0.321. The quantitative estimate of drug-likeness (QED) is 0.0352. The van der Waals surface area contributed by atoms with Crippen molar-refractivity contribution in [2.24, 2.45) is 5.73 Å². The molecular formula is C51H104NO7P. The van der Waals surface area contributed by atoms with Crippen LogP contribution < -0.4 is 5.73 Å². The Kier molecular flexibility index (Phi) is 49.1. The number of carbonyl (C=O) groups excluding carboxylic acids is 1. The van der Waals surface area contributed by atoms with Crippen molar-refractivity contribution in [2.45, 2.75) is 290 Å². The zero-order valence-corrected chi connectivity index (χ0v) is 41.1. The Morgan fingerprint density at radius 1 is 0.433 bits per heavy atom. The van der Waals surface area contributed by atoms with Crippen molar-refractivity contribution in [3.63, 3.8) is 0 Å². The molecule has 2 atom stereocenters. The highest BCUT2D eigenvalue weighted by atomic mass is 31.2. The molecule has 0 heterocycles. The largest absolute Gasteiger partial charge is 0.472 e. The Labute approximate surface area is 373 Å². The SMILES string of the molecule is CCCCCCCCCCCCCCCCCCCCCCCCCCCOCC(COP(=O)(O)OCCN)OC(=O)CCCCCCCCCCCCCCCCCC. The summed E-state index contributed by atoms with van der Waals surface area (Å²) in [5, 5.41) is 0. The van der Waals surface area contributed by atoms with Gasteiger partial charge in [0, 0.05) is 19.6 Å². The van der Waals surface area contributed by atoms with Crippen molar-refractivity contribution in [3.8, 4) is 0 Å². The van der Waals surface area contributed by atoms with E-state index in [9.17, 15) is 14.3 Å². The standard InChI is InChI=1S/C51H104NO7P/c1-3-5-7-9-11-13-15-17-19-21-22-23-24-25-26-27-28-29-31-33-35-37-39-41-43-46-56-48-50(49-58-60(54,55)57-47-45-52)59-51(53)44-42-40-38-36-34-32-30-20-18-16-14-12-10-8-6-4-2/h50H,3-49,52H2,1-2H3,(H,54,55). The number of hydrogen-bond donors (Lipinski definition) is 2. The van der Waals surface area contributed by atoms with Gasteiger partial charge in [-0.1, -0.05) is 264 Å². The van der Waals surface area contributed by atoms with Gasteiger partial charge < -0.3 is 20.1 Å². The van der Waals surface area contributed by atoms with E-state index in [4.69, 9.17) is 24.3 Å². The van der Waals surface area contributed by atoms with E-state index in [0.717, 1.165) is 32.1 Å². The highest BCUT2D eigenvalue weighted by Gasteiger charge is 2.25. The van der Waals surface area contributed by atoms with Gasteiger partial charge in [0.1, 0.15) is 6.10 Å². The van der Waals surface area contributed by atoms with Crippen molar-refractivity contribution in [1.82, 2.24) is 0 Å². The topological polar surface area (TPSA) is 117 Å². The smallest absolute Gasteiger partial charge is 0.457 e. The summed E-state index contributed by atoms with van der Waals surface area (Å²) in [6.07, 6.45) is 54.3. The van der Waals surface area contributed by atoms with E-state index in [1.807, 2.05) is 0 Å².